The molecule has 0 bridgehead atoms. The molecular weight excluding hydrogens is 388 g/mol. The molecule has 0 spiro atoms. The van der Waals surface area contributed by atoms with Gasteiger partial charge < -0.3 is 20.4 Å². The standard InChI is InChI=1S/C23H42O7/c1-4-7-10-13-17(14-11-8-5-2)18(15-12-9-6-3)20(21(26)27)23(30,22(28)29)16-19(24)25/h17-18,20,30H,4-16H2,1-3H3,(H,24,25)(H,26,27)(H,28,29). The predicted octanol–water partition coefficient (Wildman–Crippen LogP) is 4.95. The highest BCUT2D eigenvalue weighted by molar-refractivity contribution is 5.89. The van der Waals surface area contributed by atoms with Gasteiger partial charge in [0.05, 0.1) is 12.3 Å². The minimum atomic E-state index is -2.83. The second-order valence-electron chi connectivity index (χ2n) is 8.53. The highest BCUT2D eigenvalue weighted by Gasteiger charge is 2.54. The van der Waals surface area contributed by atoms with E-state index in [1.54, 1.807) is 0 Å². The van der Waals surface area contributed by atoms with Crippen LogP contribution >= 0.6 is 0 Å². The van der Waals surface area contributed by atoms with E-state index in [4.69, 9.17) is 0 Å². The Morgan fingerprint density at radius 3 is 1.50 bits per heavy atom. The van der Waals surface area contributed by atoms with E-state index in [2.05, 4.69) is 13.8 Å². The summed E-state index contributed by atoms with van der Waals surface area (Å²) < 4.78 is 0. The number of rotatable bonds is 19. The number of carboxylic acid groups (broad SMARTS) is 3. The van der Waals surface area contributed by atoms with Gasteiger partial charge in [-0.3, -0.25) is 9.59 Å². The van der Waals surface area contributed by atoms with Gasteiger partial charge in [0.2, 0.25) is 0 Å². The summed E-state index contributed by atoms with van der Waals surface area (Å²) in [7, 11) is 0. The maximum absolute atomic E-state index is 12.3. The topological polar surface area (TPSA) is 132 Å². The minimum absolute atomic E-state index is 0.0549. The third-order valence-corrected chi connectivity index (χ3v) is 6.10. The van der Waals surface area contributed by atoms with E-state index in [0.717, 1.165) is 70.6 Å². The molecule has 0 aromatic rings. The highest BCUT2D eigenvalue weighted by atomic mass is 16.4. The first-order chi connectivity index (χ1) is 14.1. The zero-order valence-electron chi connectivity index (χ0n) is 18.9. The van der Waals surface area contributed by atoms with E-state index in [9.17, 15) is 34.8 Å². The Kier molecular flexibility index (Phi) is 14.4. The van der Waals surface area contributed by atoms with Crippen molar-refractivity contribution in [3.05, 3.63) is 0 Å². The molecule has 0 rings (SSSR count). The minimum Gasteiger partial charge on any atom is -0.481 e. The fourth-order valence-corrected chi connectivity index (χ4v) is 4.48. The molecule has 0 aliphatic heterocycles. The number of aliphatic hydroxyl groups is 1. The number of hydrogen-bond acceptors (Lipinski definition) is 4. The van der Waals surface area contributed by atoms with E-state index in [-0.39, 0.29) is 5.92 Å². The van der Waals surface area contributed by atoms with Crippen LogP contribution in [0.3, 0.4) is 0 Å². The first-order valence-electron chi connectivity index (χ1n) is 11.6. The van der Waals surface area contributed by atoms with Gasteiger partial charge in [-0.2, -0.15) is 0 Å². The molecule has 0 saturated carbocycles. The lowest BCUT2D eigenvalue weighted by atomic mass is 9.67. The molecular formula is C23H42O7. The zero-order chi connectivity index (χ0) is 23.2. The number of aliphatic carboxylic acids is 3. The Balaban J connectivity index is 6.09. The number of carboxylic acids is 3. The molecule has 0 aliphatic rings. The molecule has 3 unspecified atom stereocenters. The van der Waals surface area contributed by atoms with Crippen molar-refractivity contribution in [3.8, 4) is 0 Å². The molecule has 0 heterocycles. The summed E-state index contributed by atoms with van der Waals surface area (Å²) in [4.78, 5) is 35.5. The summed E-state index contributed by atoms with van der Waals surface area (Å²) in [5.74, 6) is -7.02. The molecule has 0 radical (unpaired) electrons. The molecule has 3 atom stereocenters. The molecule has 7 heteroatoms. The lowest BCUT2D eigenvalue weighted by Crippen LogP contribution is -2.54. The first kappa shape index (κ1) is 28.4. The molecule has 7 nitrogen and oxygen atoms in total. The van der Waals surface area contributed by atoms with E-state index < -0.39 is 41.8 Å². The van der Waals surface area contributed by atoms with Gasteiger partial charge in [0.25, 0.3) is 0 Å². The summed E-state index contributed by atoms with van der Waals surface area (Å²) in [6, 6.07) is 0. The van der Waals surface area contributed by atoms with Crippen LogP contribution in [0.1, 0.15) is 104 Å². The molecule has 176 valence electrons. The van der Waals surface area contributed by atoms with Gasteiger partial charge >= 0.3 is 17.9 Å². The summed E-state index contributed by atoms with van der Waals surface area (Å²) in [5, 5.41) is 39.7. The van der Waals surface area contributed by atoms with Gasteiger partial charge in [0, 0.05) is 0 Å². The Morgan fingerprint density at radius 1 is 0.733 bits per heavy atom. The molecule has 4 N–H and O–H groups in total. The second-order valence-corrected chi connectivity index (χ2v) is 8.53. The fourth-order valence-electron chi connectivity index (χ4n) is 4.48. The summed E-state index contributed by atoms with van der Waals surface area (Å²) in [6.07, 6.45) is 9.28. The Bertz CT molecular complexity index is 510. The van der Waals surface area contributed by atoms with Crippen molar-refractivity contribution in [1.82, 2.24) is 0 Å². The molecule has 0 aromatic carbocycles. The van der Waals surface area contributed by atoms with Crippen LogP contribution in [-0.2, 0) is 14.4 Å². The molecule has 0 amide bonds. The number of hydrogen-bond donors (Lipinski definition) is 4. The van der Waals surface area contributed by atoms with Crippen LogP contribution in [0.25, 0.3) is 0 Å². The SMILES string of the molecule is CCCCCC(CCCCC)C(CCCCC)C(C(=O)O)C(O)(CC(=O)O)C(=O)O. The van der Waals surface area contributed by atoms with Crippen molar-refractivity contribution >= 4 is 17.9 Å². The van der Waals surface area contributed by atoms with Crippen LogP contribution in [0.2, 0.25) is 0 Å². The van der Waals surface area contributed by atoms with Gasteiger partial charge in [-0.15, -0.1) is 0 Å². The van der Waals surface area contributed by atoms with E-state index in [0.29, 0.717) is 6.42 Å². The molecule has 0 saturated heterocycles. The average molecular weight is 431 g/mol. The van der Waals surface area contributed by atoms with Gasteiger partial charge in [0.15, 0.2) is 5.60 Å². The molecule has 30 heavy (non-hydrogen) atoms. The monoisotopic (exact) mass is 430 g/mol. The van der Waals surface area contributed by atoms with Crippen LogP contribution in [0.4, 0.5) is 0 Å². The van der Waals surface area contributed by atoms with E-state index >= 15 is 0 Å². The number of unbranched alkanes of at least 4 members (excludes halogenated alkanes) is 6. The van der Waals surface area contributed by atoms with Gasteiger partial charge in [-0.1, -0.05) is 91.4 Å². The third kappa shape index (κ3) is 9.45. The van der Waals surface area contributed by atoms with E-state index in [1.165, 1.54) is 0 Å². The highest BCUT2D eigenvalue weighted by Crippen LogP contribution is 2.41. The Morgan fingerprint density at radius 2 is 1.17 bits per heavy atom. The predicted molar refractivity (Wildman–Crippen MR) is 115 cm³/mol. The largest absolute Gasteiger partial charge is 0.481 e. The van der Waals surface area contributed by atoms with Crippen LogP contribution in [0.5, 0.6) is 0 Å². The lowest BCUT2D eigenvalue weighted by molar-refractivity contribution is -0.185. The smallest absolute Gasteiger partial charge is 0.337 e. The van der Waals surface area contributed by atoms with Crippen molar-refractivity contribution in [2.75, 3.05) is 0 Å². The molecule has 0 fully saturated rings. The van der Waals surface area contributed by atoms with Crippen LogP contribution in [-0.4, -0.2) is 43.9 Å². The van der Waals surface area contributed by atoms with Gasteiger partial charge in [-0.05, 0) is 18.3 Å². The first-order valence-corrected chi connectivity index (χ1v) is 11.6. The maximum Gasteiger partial charge on any atom is 0.337 e. The van der Waals surface area contributed by atoms with Crippen molar-refractivity contribution in [2.45, 2.75) is 110 Å². The van der Waals surface area contributed by atoms with E-state index in [1.807, 2.05) is 6.92 Å². The Labute approximate surface area is 180 Å². The van der Waals surface area contributed by atoms with Gasteiger partial charge in [-0.25, -0.2) is 4.79 Å². The lowest BCUT2D eigenvalue weighted by Gasteiger charge is -2.38. The quantitative estimate of drug-likeness (QED) is 0.213. The van der Waals surface area contributed by atoms with Crippen molar-refractivity contribution in [1.29, 1.82) is 0 Å². The summed E-state index contributed by atoms with van der Waals surface area (Å²) in [5.41, 5.74) is -2.83. The van der Waals surface area contributed by atoms with Crippen LogP contribution < -0.4 is 0 Å². The van der Waals surface area contributed by atoms with Crippen molar-refractivity contribution in [3.63, 3.8) is 0 Å². The summed E-state index contributed by atoms with van der Waals surface area (Å²) >= 11 is 0. The zero-order valence-corrected chi connectivity index (χ0v) is 18.9. The molecule has 0 aliphatic carbocycles. The number of carbonyl (C=O) groups is 3. The maximum atomic E-state index is 12.3. The van der Waals surface area contributed by atoms with Crippen LogP contribution in [0, 0.1) is 17.8 Å². The molecule has 0 aromatic heterocycles. The van der Waals surface area contributed by atoms with Crippen LogP contribution in [0.15, 0.2) is 0 Å². The summed E-state index contributed by atoms with van der Waals surface area (Å²) in [6.45, 7) is 6.20. The van der Waals surface area contributed by atoms with Gasteiger partial charge in [0.1, 0.15) is 0 Å². The fraction of sp³-hybridized carbons (Fsp3) is 0.870. The third-order valence-electron chi connectivity index (χ3n) is 6.10. The van der Waals surface area contributed by atoms with Crippen molar-refractivity contribution < 1.29 is 34.8 Å². The Hall–Kier alpha value is -1.63. The van der Waals surface area contributed by atoms with Crippen molar-refractivity contribution in [2.24, 2.45) is 17.8 Å². The average Bonchev–Trinajstić information content (AvgIpc) is 2.65. The normalized spacial score (nSPS) is 15.5. The second kappa shape index (κ2) is 15.2.